The summed E-state index contributed by atoms with van der Waals surface area (Å²) in [6, 6.07) is 6.08. The van der Waals surface area contributed by atoms with Crippen molar-refractivity contribution in [1.29, 1.82) is 0 Å². The van der Waals surface area contributed by atoms with E-state index in [1.165, 1.54) is 4.90 Å². The number of aliphatic hydroxyl groups excluding tert-OH is 1. The van der Waals surface area contributed by atoms with Crippen molar-refractivity contribution in [1.82, 2.24) is 14.8 Å². The number of ether oxygens (including phenoxy) is 2. The molecule has 9 nitrogen and oxygen atoms in total. The molecule has 0 aliphatic carbocycles. The van der Waals surface area contributed by atoms with Crippen LogP contribution in [0.5, 0.6) is 0 Å². The summed E-state index contributed by atoms with van der Waals surface area (Å²) in [5.74, 6) is -2.37. The first-order valence-electron chi connectivity index (χ1n) is 11.9. The molecule has 2 aliphatic rings. The number of morpholine rings is 1. The molecule has 4 rings (SSSR count). The van der Waals surface area contributed by atoms with Gasteiger partial charge in [-0.05, 0) is 44.0 Å². The van der Waals surface area contributed by atoms with Crippen molar-refractivity contribution >= 4 is 35.0 Å². The number of nitrogens with zero attached hydrogens (tertiary/aromatic N) is 2. The minimum absolute atomic E-state index is 0.0372. The van der Waals surface area contributed by atoms with E-state index >= 15 is 0 Å². The zero-order chi connectivity index (χ0) is 26.0. The molecule has 2 aliphatic heterocycles. The predicted octanol–water partition coefficient (Wildman–Crippen LogP) is 3.22. The Hall–Kier alpha value is -3.14. The SMILES string of the molecule is CCOC(=O)c1[nH]c(C)c(/C(O)=C2\C(=O)C(=O)N(CCN3CCOCC3)C2c2cccc(Cl)c2)c1C. The number of nitrogens with one attached hydrogen (secondary N) is 1. The van der Waals surface area contributed by atoms with E-state index in [-0.39, 0.29) is 30.2 Å². The third kappa shape index (κ3) is 4.91. The van der Waals surface area contributed by atoms with Crippen LogP contribution in [0.25, 0.3) is 5.76 Å². The maximum atomic E-state index is 13.3. The first-order chi connectivity index (χ1) is 17.2. The normalized spacial score (nSPS) is 20.2. The molecule has 1 aromatic carbocycles. The number of esters is 1. The quantitative estimate of drug-likeness (QED) is 0.252. The molecule has 3 heterocycles. The number of carbonyl (C=O) groups is 3. The minimum atomic E-state index is -0.829. The number of carbonyl (C=O) groups excluding carboxylic acids is 3. The van der Waals surface area contributed by atoms with E-state index < -0.39 is 23.7 Å². The highest BCUT2D eigenvalue weighted by Crippen LogP contribution is 2.41. The lowest BCUT2D eigenvalue weighted by Crippen LogP contribution is -2.42. The molecule has 2 N–H and O–H groups in total. The third-order valence-corrected chi connectivity index (χ3v) is 6.85. The average Bonchev–Trinajstić information content (AvgIpc) is 3.30. The molecule has 1 aromatic heterocycles. The van der Waals surface area contributed by atoms with Crippen molar-refractivity contribution in [2.24, 2.45) is 0 Å². The van der Waals surface area contributed by atoms with Gasteiger partial charge in [-0.25, -0.2) is 4.79 Å². The van der Waals surface area contributed by atoms with Gasteiger partial charge in [0, 0.05) is 42.5 Å². The molecule has 1 atom stereocenters. The molecule has 1 amide bonds. The Morgan fingerprint density at radius 3 is 2.61 bits per heavy atom. The predicted molar refractivity (Wildman–Crippen MR) is 134 cm³/mol. The highest BCUT2D eigenvalue weighted by molar-refractivity contribution is 6.46. The molecular formula is C26H30ClN3O6. The number of hydrogen-bond acceptors (Lipinski definition) is 7. The Labute approximate surface area is 214 Å². The zero-order valence-electron chi connectivity index (χ0n) is 20.6. The molecular weight excluding hydrogens is 486 g/mol. The van der Waals surface area contributed by atoms with Gasteiger partial charge in [-0.1, -0.05) is 23.7 Å². The lowest BCUT2D eigenvalue weighted by molar-refractivity contribution is -0.140. The van der Waals surface area contributed by atoms with Crippen molar-refractivity contribution in [2.75, 3.05) is 46.0 Å². The van der Waals surface area contributed by atoms with Gasteiger partial charge in [0.2, 0.25) is 0 Å². The number of aliphatic hydroxyl groups is 1. The van der Waals surface area contributed by atoms with E-state index in [1.807, 2.05) is 0 Å². The Balaban J connectivity index is 1.79. The molecule has 2 fully saturated rings. The number of amides is 1. The topological polar surface area (TPSA) is 112 Å². The monoisotopic (exact) mass is 515 g/mol. The van der Waals surface area contributed by atoms with Crippen LogP contribution in [0.15, 0.2) is 29.8 Å². The molecule has 0 spiro atoms. The number of halogens is 1. The summed E-state index contributed by atoms with van der Waals surface area (Å²) in [5.41, 5.74) is 1.99. The first-order valence-corrected chi connectivity index (χ1v) is 12.3. The number of ketones is 1. The number of hydrogen-bond donors (Lipinski definition) is 2. The van der Waals surface area contributed by atoms with Crippen molar-refractivity contribution in [2.45, 2.75) is 26.8 Å². The Kier molecular flexibility index (Phi) is 7.82. The number of aromatic nitrogens is 1. The van der Waals surface area contributed by atoms with Crippen LogP contribution in [0.4, 0.5) is 0 Å². The fourth-order valence-corrected chi connectivity index (χ4v) is 5.05. The minimum Gasteiger partial charge on any atom is -0.507 e. The Morgan fingerprint density at radius 1 is 1.22 bits per heavy atom. The van der Waals surface area contributed by atoms with Crippen molar-refractivity contribution in [3.05, 3.63) is 62.9 Å². The summed E-state index contributed by atoms with van der Waals surface area (Å²) >= 11 is 6.26. The molecule has 0 saturated carbocycles. The van der Waals surface area contributed by atoms with Crippen LogP contribution in [-0.2, 0) is 19.1 Å². The molecule has 0 radical (unpaired) electrons. The summed E-state index contributed by atoms with van der Waals surface area (Å²) in [6.07, 6.45) is 0. The average molecular weight is 516 g/mol. The van der Waals surface area contributed by atoms with Crippen LogP contribution in [-0.4, -0.2) is 83.5 Å². The molecule has 192 valence electrons. The van der Waals surface area contributed by atoms with Crippen LogP contribution >= 0.6 is 11.6 Å². The van der Waals surface area contributed by atoms with E-state index in [4.69, 9.17) is 21.1 Å². The van der Waals surface area contributed by atoms with E-state index in [2.05, 4.69) is 9.88 Å². The van der Waals surface area contributed by atoms with Crippen LogP contribution < -0.4 is 0 Å². The standard InChI is InChI=1S/C26H30ClN3O6/c1-4-36-26(34)21-15(2)19(16(3)28-21)23(31)20-22(17-6-5-7-18(27)14-17)30(25(33)24(20)32)9-8-29-10-12-35-13-11-29/h5-7,14,22,28,31H,4,8-13H2,1-3H3/b23-20+. The van der Waals surface area contributed by atoms with Crippen molar-refractivity contribution in [3.63, 3.8) is 0 Å². The molecule has 10 heteroatoms. The molecule has 1 unspecified atom stereocenters. The largest absolute Gasteiger partial charge is 0.507 e. The lowest BCUT2D eigenvalue weighted by Gasteiger charge is -2.31. The number of Topliss-reactive ketones (excluding diaryl/α,β-unsaturated/α-hetero) is 1. The molecule has 2 aromatic rings. The molecule has 0 bridgehead atoms. The van der Waals surface area contributed by atoms with Gasteiger partial charge >= 0.3 is 5.97 Å². The van der Waals surface area contributed by atoms with Gasteiger partial charge in [-0.3, -0.25) is 14.5 Å². The summed E-state index contributed by atoms with van der Waals surface area (Å²) in [5, 5.41) is 11.9. The summed E-state index contributed by atoms with van der Waals surface area (Å²) < 4.78 is 10.5. The van der Waals surface area contributed by atoms with Crippen LogP contribution in [0.2, 0.25) is 5.02 Å². The highest BCUT2D eigenvalue weighted by Gasteiger charge is 2.46. The Morgan fingerprint density at radius 2 is 1.94 bits per heavy atom. The fourth-order valence-electron chi connectivity index (χ4n) is 4.86. The number of aromatic amines is 1. The van der Waals surface area contributed by atoms with Crippen molar-refractivity contribution < 1.29 is 29.0 Å². The van der Waals surface area contributed by atoms with Gasteiger partial charge in [0.25, 0.3) is 11.7 Å². The van der Waals surface area contributed by atoms with Gasteiger partial charge in [0.15, 0.2) is 0 Å². The van der Waals surface area contributed by atoms with E-state index in [9.17, 15) is 19.5 Å². The summed E-state index contributed by atoms with van der Waals surface area (Å²) in [4.78, 5) is 45.6. The smallest absolute Gasteiger partial charge is 0.355 e. The maximum Gasteiger partial charge on any atom is 0.355 e. The number of likely N-dealkylation sites (tertiary alicyclic amines) is 1. The first kappa shape index (κ1) is 25.9. The van der Waals surface area contributed by atoms with Crippen LogP contribution in [0.3, 0.4) is 0 Å². The molecule has 2 saturated heterocycles. The maximum absolute atomic E-state index is 13.3. The Bertz CT molecular complexity index is 1210. The van der Waals surface area contributed by atoms with Crippen LogP contribution in [0.1, 0.15) is 45.8 Å². The van der Waals surface area contributed by atoms with Crippen LogP contribution in [0, 0.1) is 13.8 Å². The number of rotatable bonds is 7. The van der Waals surface area contributed by atoms with Crippen molar-refractivity contribution in [3.8, 4) is 0 Å². The zero-order valence-corrected chi connectivity index (χ0v) is 21.4. The van der Waals surface area contributed by atoms with Gasteiger partial charge in [-0.2, -0.15) is 0 Å². The van der Waals surface area contributed by atoms with E-state index in [0.29, 0.717) is 47.2 Å². The van der Waals surface area contributed by atoms with E-state index in [1.54, 1.807) is 45.0 Å². The number of benzene rings is 1. The fraction of sp³-hybridized carbons (Fsp3) is 0.423. The lowest BCUT2D eigenvalue weighted by atomic mass is 9.94. The number of aryl methyl sites for hydroxylation is 1. The van der Waals surface area contributed by atoms with Gasteiger partial charge in [-0.15, -0.1) is 0 Å². The second-order valence-electron chi connectivity index (χ2n) is 8.85. The second-order valence-corrected chi connectivity index (χ2v) is 9.28. The van der Waals surface area contributed by atoms with Gasteiger partial charge in [0.05, 0.1) is 31.4 Å². The number of H-pyrrole nitrogens is 1. The summed E-state index contributed by atoms with van der Waals surface area (Å²) in [6.45, 7) is 8.81. The van der Waals surface area contributed by atoms with Gasteiger partial charge < -0.3 is 24.5 Å². The second kappa shape index (κ2) is 10.9. The highest BCUT2D eigenvalue weighted by atomic mass is 35.5. The molecule has 36 heavy (non-hydrogen) atoms. The summed E-state index contributed by atoms with van der Waals surface area (Å²) in [7, 11) is 0. The van der Waals surface area contributed by atoms with Gasteiger partial charge in [0.1, 0.15) is 11.5 Å². The van der Waals surface area contributed by atoms with E-state index in [0.717, 1.165) is 13.1 Å². The third-order valence-electron chi connectivity index (χ3n) is 6.62.